The van der Waals surface area contributed by atoms with Crippen LogP contribution in [0.2, 0.25) is 0 Å². The van der Waals surface area contributed by atoms with Crippen molar-refractivity contribution < 1.29 is 4.79 Å². The predicted molar refractivity (Wildman–Crippen MR) is 93.0 cm³/mol. The summed E-state index contributed by atoms with van der Waals surface area (Å²) in [6, 6.07) is 11.9. The third-order valence-electron chi connectivity index (χ3n) is 3.38. The average molecular weight is 362 g/mol. The molecule has 22 heavy (non-hydrogen) atoms. The summed E-state index contributed by atoms with van der Waals surface area (Å²) in [5.41, 5.74) is 1.61. The molecule has 0 bridgehead atoms. The largest absolute Gasteiger partial charge is 0.380 e. The first-order valence-electron chi connectivity index (χ1n) is 7.26. The number of nitrogens with one attached hydrogen (secondary N) is 2. The molecule has 0 aliphatic rings. The molecule has 1 aromatic heterocycles. The quantitative estimate of drug-likeness (QED) is 0.824. The summed E-state index contributed by atoms with van der Waals surface area (Å²) in [5.74, 6) is 0.274. The van der Waals surface area contributed by atoms with E-state index in [1.54, 1.807) is 18.5 Å². The Balaban J connectivity index is 1.96. The molecule has 0 radical (unpaired) electrons. The van der Waals surface area contributed by atoms with E-state index >= 15 is 0 Å². The summed E-state index contributed by atoms with van der Waals surface area (Å²) in [7, 11) is 0. The molecule has 1 unspecified atom stereocenters. The van der Waals surface area contributed by atoms with Gasteiger partial charge in [-0.1, -0.05) is 32.0 Å². The highest BCUT2D eigenvalue weighted by molar-refractivity contribution is 9.10. The van der Waals surface area contributed by atoms with Crippen molar-refractivity contribution in [2.24, 2.45) is 5.92 Å². The smallest absolute Gasteiger partial charge is 0.252 e. The van der Waals surface area contributed by atoms with Crippen LogP contribution in [-0.2, 0) is 0 Å². The lowest BCUT2D eigenvalue weighted by atomic mass is 10.0. The van der Waals surface area contributed by atoms with E-state index in [1.165, 1.54) is 0 Å². The van der Waals surface area contributed by atoms with Crippen LogP contribution < -0.4 is 10.6 Å². The zero-order valence-corrected chi connectivity index (χ0v) is 14.3. The lowest BCUT2D eigenvalue weighted by Crippen LogP contribution is -2.39. The van der Waals surface area contributed by atoms with Crippen LogP contribution in [0.3, 0.4) is 0 Å². The molecule has 2 rings (SSSR count). The summed E-state index contributed by atoms with van der Waals surface area (Å²) in [5, 5.41) is 6.42. The van der Waals surface area contributed by atoms with E-state index in [0.29, 0.717) is 18.0 Å². The fraction of sp³-hybridized carbons (Fsp3) is 0.294. The van der Waals surface area contributed by atoms with Gasteiger partial charge in [0.1, 0.15) is 0 Å². The first kappa shape index (κ1) is 16.5. The Morgan fingerprint density at radius 2 is 1.95 bits per heavy atom. The molecule has 116 valence electrons. The van der Waals surface area contributed by atoms with E-state index in [2.05, 4.69) is 45.4 Å². The predicted octanol–water partition coefficient (Wildman–Crippen LogP) is 3.71. The number of para-hydroxylation sites is 1. The first-order valence-corrected chi connectivity index (χ1v) is 8.06. The Bertz CT molecular complexity index is 616. The highest BCUT2D eigenvalue weighted by Gasteiger charge is 2.15. The molecule has 0 saturated carbocycles. The minimum atomic E-state index is -0.116. The number of rotatable bonds is 6. The summed E-state index contributed by atoms with van der Waals surface area (Å²) in [6.07, 6.45) is 3.22. The van der Waals surface area contributed by atoms with Crippen molar-refractivity contribution in [2.75, 3.05) is 11.9 Å². The van der Waals surface area contributed by atoms with Gasteiger partial charge in [-0.2, -0.15) is 0 Å². The topological polar surface area (TPSA) is 54.0 Å². The lowest BCUT2D eigenvalue weighted by molar-refractivity contribution is 0.0950. The number of carbonyl (C=O) groups is 1. The van der Waals surface area contributed by atoms with E-state index in [9.17, 15) is 4.79 Å². The van der Waals surface area contributed by atoms with Gasteiger partial charge >= 0.3 is 0 Å². The average Bonchev–Trinajstić information content (AvgIpc) is 2.51. The van der Waals surface area contributed by atoms with Crippen molar-refractivity contribution in [3.05, 3.63) is 58.8 Å². The number of pyridine rings is 1. The second kappa shape index (κ2) is 7.94. The maximum absolute atomic E-state index is 12.2. The van der Waals surface area contributed by atoms with Crippen molar-refractivity contribution in [3.63, 3.8) is 0 Å². The fourth-order valence-corrected chi connectivity index (χ4v) is 2.41. The van der Waals surface area contributed by atoms with Gasteiger partial charge in [0.05, 0.1) is 5.56 Å². The molecular formula is C17H20BrN3O. The molecule has 0 saturated heterocycles. The molecule has 0 aliphatic heterocycles. The molecule has 0 fully saturated rings. The number of hydrogen-bond acceptors (Lipinski definition) is 3. The normalized spacial score (nSPS) is 12.0. The molecule has 1 atom stereocenters. The molecule has 1 aromatic carbocycles. The van der Waals surface area contributed by atoms with Gasteiger partial charge in [-0.3, -0.25) is 9.78 Å². The fourth-order valence-electron chi connectivity index (χ4n) is 2.04. The van der Waals surface area contributed by atoms with Crippen molar-refractivity contribution >= 4 is 27.5 Å². The third kappa shape index (κ3) is 4.84. The maximum atomic E-state index is 12.2. The zero-order valence-electron chi connectivity index (χ0n) is 12.7. The second-order valence-electron chi connectivity index (χ2n) is 5.46. The first-order chi connectivity index (χ1) is 10.6. The number of nitrogens with zero attached hydrogens (tertiary/aromatic N) is 1. The van der Waals surface area contributed by atoms with E-state index in [4.69, 9.17) is 0 Å². The van der Waals surface area contributed by atoms with Gasteiger partial charge in [-0.05, 0) is 40.0 Å². The van der Waals surface area contributed by atoms with Crippen LogP contribution in [0, 0.1) is 5.92 Å². The van der Waals surface area contributed by atoms with E-state index in [1.807, 2.05) is 30.3 Å². The van der Waals surface area contributed by atoms with E-state index < -0.39 is 0 Å². The molecule has 5 heteroatoms. The number of benzene rings is 1. The van der Waals surface area contributed by atoms with E-state index in [-0.39, 0.29) is 11.9 Å². The minimum absolute atomic E-state index is 0.116. The molecular weight excluding hydrogens is 342 g/mol. The van der Waals surface area contributed by atoms with Gasteiger partial charge in [0, 0.05) is 35.1 Å². The van der Waals surface area contributed by atoms with Gasteiger partial charge in [0.2, 0.25) is 0 Å². The second-order valence-corrected chi connectivity index (χ2v) is 6.38. The molecule has 2 N–H and O–H groups in total. The molecule has 1 heterocycles. The summed E-state index contributed by atoms with van der Waals surface area (Å²) in [4.78, 5) is 16.2. The monoisotopic (exact) mass is 361 g/mol. The van der Waals surface area contributed by atoms with Crippen LogP contribution in [-0.4, -0.2) is 23.5 Å². The molecule has 0 spiro atoms. The summed E-state index contributed by atoms with van der Waals surface area (Å²) in [6.45, 7) is 4.82. The van der Waals surface area contributed by atoms with Gasteiger partial charge in [-0.15, -0.1) is 0 Å². The number of aromatic nitrogens is 1. The number of halogens is 1. The Hall–Kier alpha value is -1.88. The Kier molecular flexibility index (Phi) is 5.95. The standard InChI is InChI=1S/C17H20BrN3O/c1-12(2)16(21-15-6-4-3-5-7-15)11-20-17(22)13-8-14(18)10-19-9-13/h3-10,12,16,21H,11H2,1-2H3,(H,20,22). The summed E-state index contributed by atoms with van der Waals surface area (Å²) >= 11 is 3.32. The van der Waals surface area contributed by atoms with Crippen molar-refractivity contribution in [2.45, 2.75) is 19.9 Å². The maximum Gasteiger partial charge on any atom is 0.252 e. The zero-order chi connectivity index (χ0) is 15.9. The number of carbonyl (C=O) groups excluding carboxylic acids is 1. The number of anilines is 1. The van der Waals surface area contributed by atoms with Gasteiger partial charge in [0.15, 0.2) is 0 Å². The Morgan fingerprint density at radius 3 is 2.59 bits per heavy atom. The van der Waals surface area contributed by atoms with Crippen molar-refractivity contribution in [1.82, 2.24) is 10.3 Å². The van der Waals surface area contributed by atoms with Crippen molar-refractivity contribution in [1.29, 1.82) is 0 Å². The highest BCUT2D eigenvalue weighted by atomic mass is 79.9. The van der Waals surface area contributed by atoms with Gasteiger partial charge in [-0.25, -0.2) is 0 Å². The van der Waals surface area contributed by atoms with Crippen LogP contribution in [0.4, 0.5) is 5.69 Å². The van der Waals surface area contributed by atoms with E-state index in [0.717, 1.165) is 10.2 Å². The Morgan fingerprint density at radius 1 is 1.23 bits per heavy atom. The third-order valence-corrected chi connectivity index (χ3v) is 3.81. The van der Waals surface area contributed by atoms with Gasteiger partial charge in [0.25, 0.3) is 5.91 Å². The lowest BCUT2D eigenvalue weighted by Gasteiger charge is -2.24. The minimum Gasteiger partial charge on any atom is -0.380 e. The Labute approximate surface area is 139 Å². The molecule has 1 amide bonds. The molecule has 2 aromatic rings. The highest BCUT2D eigenvalue weighted by Crippen LogP contribution is 2.13. The molecule has 0 aliphatic carbocycles. The van der Waals surface area contributed by atoms with Gasteiger partial charge < -0.3 is 10.6 Å². The van der Waals surface area contributed by atoms with Crippen LogP contribution in [0.5, 0.6) is 0 Å². The van der Waals surface area contributed by atoms with Crippen LogP contribution in [0.1, 0.15) is 24.2 Å². The summed E-state index contributed by atoms with van der Waals surface area (Å²) < 4.78 is 0.794. The van der Waals surface area contributed by atoms with Crippen LogP contribution in [0.25, 0.3) is 0 Å². The van der Waals surface area contributed by atoms with Crippen LogP contribution >= 0.6 is 15.9 Å². The number of amides is 1. The number of hydrogen-bond donors (Lipinski definition) is 2. The SMILES string of the molecule is CC(C)C(CNC(=O)c1cncc(Br)c1)Nc1ccccc1. The van der Waals surface area contributed by atoms with Crippen molar-refractivity contribution in [3.8, 4) is 0 Å². The van der Waals surface area contributed by atoms with Crippen LogP contribution in [0.15, 0.2) is 53.3 Å². The molecule has 4 nitrogen and oxygen atoms in total.